The third-order valence-corrected chi connectivity index (χ3v) is 3.48. The first-order valence-electron chi connectivity index (χ1n) is 6.53. The summed E-state index contributed by atoms with van der Waals surface area (Å²) in [5.74, 6) is 0.858. The van der Waals surface area contributed by atoms with E-state index in [-0.39, 0.29) is 5.75 Å². The number of rotatable bonds is 2. The largest absolute Gasteiger partial charge is 0.507 e. The maximum atomic E-state index is 10.1. The number of hydrogen-bond acceptors (Lipinski definition) is 3. The Morgan fingerprint density at radius 3 is 2.38 bits per heavy atom. The molecule has 0 saturated heterocycles. The van der Waals surface area contributed by atoms with Gasteiger partial charge < -0.3 is 5.11 Å². The smallest absolute Gasteiger partial charge is 0.125 e. The van der Waals surface area contributed by atoms with E-state index in [0.717, 1.165) is 11.1 Å². The predicted molar refractivity (Wildman–Crippen MR) is 84.3 cm³/mol. The van der Waals surface area contributed by atoms with Crippen molar-refractivity contribution >= 4 is 11.6 Å². The Kier molecular flexibility index (Phi) is 3.59. The monoisotopic (exact) mass is 296 g/mol. The number of para-hydroxylation sites is 1. The van der Waals surface area contributed by atoms with Gasteiger partial charge in [-0.2, -0.15) is 0 Å². The topological polar surface area (TPSA) is 46.0 Å². The molecule has 0 radical (unpaired) electrons. The quantitative estimate of drug-likeness (QED) is 0.758. The van der Waals surface area contributed by atoms with Crippen LogP contribution in [0.5, 0.6) is 5.75 Å². The molecule has 104 valence electrons. The summed E-state index contributed by atoms with van der Waals surface area (Å²) in [6.45, 7) is 1.83. The molecule has 1 heterocycles. The van der Waals surface area contributed by atoms with E-state index < -0.39 is 0 Å². The van der Waals surface area contributed by atoms with Crippen LogP contribution in [0.15, 0.2) is 54.7 Å². The second kappa shape index (κ2) is 5.54. The van der Waals surface area contributed by atoms with Gasteiger partial charge in [0.2, 0.25) is 0 Å². The van der Waals surface area contributed by atoms with E-state index in [9.17, 15) is 5.11 Å². The van der Waals surface area contributed by atoms with Crippen LogP contribution in [0.2, 0.25) is 5.02 Å². The minimum Gasteiger partial charge on any atom is -0.507 e. The Morgan fingerprint density at radius 2 is 1.67 bits per heavy atom. The van der Waals surface area contributed by atoms with Crippen LogP contribution in [-0.4, -0.2) is 15.1 Å². The lowest BCUT2D eigenvalue weighted by atomic mass is 10.0. The standard InChI is InChI=1S/C17H13ClN2O/c1-11-19-10-15(12-6-8-13(18)9-7-12)17(20-11)14-4-2-3-5-16(14)21/h2-10,21H,1H3. The molecule has 0 saturated carbocycles. The van der Waals surface area contributed by atoms with E-state index in [1.165, 1.54) is 0 Å². The Bertz CT molecular complexity index is 785. The molecule has 0 unspecified atom stereocenters. The number of halogens is 1. The van der Waals surface area contributed by atoms with Crippen LogP contribution in [0.1, 0.15) is 5.82 Å². The van der Waals surface area contributed by atoms with Crippen molar-refractivity contribution in [2.24, 2.45) is 0 Å². The first-order valence-corrected chi connectivity index (χ1v) is 6.91. The van der Waals surface area contributed by atoms with Gasteiger partial charge in [-0.3, -0.25) is 0 Å². The minimum atomic E-state index is 0.200. The molecule has 1 N–H and O–H groups in total. The highest BCUT2D eigenvalue weighted by molar-refractivity contribution is 6.30. The highest BCUT2D eigenvalue weighted by atomic mass is 35.5. The van der Waals surface area contributed by atoms with Crippen molar-refractivity contribution in [1.82, 2.24) is 9.97 Å². The van der Waals surface area contributed by atoms with Crippen LogP contribution in [-0.2, 0) is 0 Å². The zero-order valence-electron chi connectivity index (χ0n) is 11.4. The minimum absolute atomic E-state index is 0.200. The van der Waals surface area contributed by atoms with Crippen molar-refractivity contribution < 1.29 is 5.11 Å². The van der Waals surface area contributed by atoms with Crippen molar-refractivity contribution in [2.75, 3.05) is 0 Å². The zero-order chi connectivity index (χ0) is 14.8. The molecule has 3 aromatic rings. The Labute approximate surface area is 127 Å². The fraction of sp³-hybridized carbons (Fsp3) is 0.0588. The summed E-state index contributed by atoms with van der Waals surface area (Å²) in [6.07, 6.45) is 1.77. The summed E-state index contributed by atoms with van der Waals surface area (Å²) in [4.78, 5) is 8.77. The van der Waals surface area contributed by atoms with Crippen molar-refractivity contribution in [2.45, 2.75) is 6.92 Å². The van der Waals surface area contributed by atoms with Crippen LogP contribution in [0.4, 0.5) is 0 Å². The van der Waals surface area contributed by atoms with Gasteiger partial charge in [-0.15, -0.1) is 0 Å². The van der Waals surface area contributed by atoms with E-state index in [0.29, 0.717) is 22.1 Å². The number of nitrogens with zero attached hydrogens (tertiary/aromatic N) is 2. The molecular weight excluding hydrogens is 284 g/mol. The summed E-state index contributed by atoms with van der Waals surface area (Å²) in [6, 6.07) is 14.6. The van der Waals surface area contributed by atoms with E-state index in [1.54, 1.807) is 18.3 Å². The fourth-order valence-corrected chi connectivity index (χ4v) is 2.32. The number of aromatic hydroxyl groups is 1. The van der Waals surface area contributed by atoms with E-state index in [4.69, 9.17) is 11.6 Å². The normalized spacial score (nSPS) is 10.6. The van der Waals surface area contributed by atoms with Crippen LogP contribution >= 0.6 is 11.6 Å². The van der Waals surface area contributed by atoms with Crippen LogP contribution in [0, 0.1) is 6.92 Å². The van der Waals surface area contributed by atoms with Gasteiger partial charge in [-0.25, -0.2) is 9.97 Å². The lowest BCUT2D eigenvalue weighted by Crippen LogP contribution is -1.95. The summed E-state index contributed by atoms with van der Waals surface area (Å²) in [7, 11) is 0. The van der Waals surface area contributed by atoms with Gasteiger partial charge in [-0.1, -0.05) is 35.9 Å². The van der Waals surface area contributed by atoms with Gasteiger partial charge in [0.15, 0.2) is 0 Å². The van der Waals surface area contributed by atoms with Crippen molar-refractivity contribution in [3.05, 3.63) is 65.6 Å². The first kappa shape index (κ1) is 13.6. The molecule has 0 aliphatic heterocycles. The van der Waals surface area contributed by atoms with Gasteiger partial charge in [-0.05, 0) is 36.8 Å². The molecule has 21 heavy (non-hydrogen) atoms. The summed E-state index contributed by atoms with van der Waals surface area (Å²) in [5, 5.41) is 10.8. The third kappa shape index (κ3) is 2.73. The Morgan fingerprint density at radius 1 is 0.952 bits per heavy atom. The molecular formula is C17H13ClN2O. The molecule has 0 spiro atoms. The number of benzene rings is 2. The van der Waals surface area contributed by atoms with Crippen LogP contribution in [0.25, 0.3) is 22.4 Å². The average Bonchev–Trinajstić information content (AvgIpc) is 2.49. The Hall–Kier alpha value is -2.39. The van der Waals surface area contributed by atoms with Crippen molar-refractivity contribution in [1.29, 1.82) is 0 Å². The third-order valence-electron chi connectivity index (χ3n) is 3.22. The number of hydrogen-bond donors (Lipinski definition) is 1. The molecule has 0 atom stereocenters. The molecule has 3 rings (SSSR count). The lowest BCUT2D eigenvalue weighted by molar-refractivity contribution is 0.477. The summed E-state index contributed by atoms with van der Waals surface area (Å²) in [5.41, 5.74) is 3.22. The molecule has 2 aromatic carbocycles. The van der Waals surface area contributed by atoms with Crippen molar-refractivity contribution in [3.8, 4) is 28.1 Å². The lowest BCUT2D eigenvalue weighted by Gasteiger charge is -2.11. The van der Waals surface area contributed by atoms with E-state index in [1.807, 2.05) is 43.3 Å². The molecule has 0 aliphatic carbocycles. The average molecular weight is 297 g/mol. The molecule has 0 aliphatic rings. The van der Waals surface area contributed by atoms with Gasteiger partial charge in [0, 0.05) is 22.3 Å². The zero-order valence-corrected chi connectivity index (χ0v) is 12.2. The van der Waals surface area contributed by atoms with Crippen molar-refractivity contribution in [3.63, 3.8) is 0 Å². The highest BCUT2D eigenvalue weighted by Gasteiger charge is 2.13. The number of phenolic OH excluding ortho intramolecular Hbond substituents is 1. The van der Waals surface area contributed by atoms with Gasteiger partial charge >= 0.3 is 0 Å². The second-order valence-corrected chi connectivity index (χ2v) is 5.14. The molecule has 0 amide bonds. The van der Waals surface area contributed by atoms with Crippen LogP contribution < -0.4 is 0 Å². The number of aryl methyl sites for hydroxylation is 1. The molecule has 0 bridgehead atoms. The fourth-order valence-electron chi connectivity index (χ4n) is 2.19. The van der Waals surface area contributed by atoms with E-state index in [2.05, 4.69) is 9.97 Å². The predicted octanol–water partition coefficient (Wildman–Crippen LogP) is 4.48. The molecule has 1 aromatic heterocycles. The van der Waals surface area contributed by atoms with Gasteiger partial charge in [0.05, 0.1) is 5.69 Å². The van der Waals surface area contributed by atoms with Crippen LogP contribution in [0.3, 0.4) is 0 Å². The molecule has 4 heteroatoms. The maximum absolute atomic E-state index is 10.1. The molecule has 0 fully saturated rings. The molecule has 3 nitrogen and oxygen atoms in total. The second-order valence-electron chi connectivity index (χ2n) is 4.70. The first-order chi connectivity index (χ1) is 10.1. The number of phenols is 1. The highest BCUT2D eigenvalue weighted by Crippen LogP contribution is 2.35. The summed E-state index contributed by atoms with van der Waals surface area (Å²) < 4.78 is 0. The SMILES string of the molecule is Cc1ncc(-c2ccc(Cl)cc2)c(-c2ccccc2O)n1. The van der Waals surface area contributed by atoms with Gasteiger partial charge in [0.1, 0.15) is 11.6 Å². The maximum Gasteiger partial charge on any atom is 0.125 e. The Balaban J connectivity index is 2.23. The van der Waals surface area contributed by atoms with Gasteiger partial charge in [0.25, 0.3) is 0 Å². The summed E-state index contributed by atoms with van der Waals surface area (Å²) >= 11 is 5.94. The van der Waals surface area contributed by atoms with E-state index >= 15 is 0 Å². The number of aromatic nitrogens is 2.